The summed E-state index contributed by atoms with van der Waals surface area (Å²) in [5.74, 6) is -1.31. The van der Waals surface area contributed by atoms with Gasteiger partial charge in [-0.15, -0.1) is 0 Å². The number of nitrogens with one attached hydrogen (secondary N) is 5. The number of carbonyl (C=O) groups excluding carboxylic acids is 3. The molecule has 0 aliphatic carbocycles. The van der Waals surface area contributed by atoms with Crippen molar-refractivity contribution in [3.8, 4) is 22.6 Å². The van der Waals surface area contributed by atoms with Gasteiger partial charge in [0.1, 0.15) is 11.4 Å². The number of aliphatic hydroxyl groups excluding tert-OH is 1. The number of hydrogen-bond donors (Lipinski definition) is 6. The van der Waals surface area contributed by atoms with Gasteiger partial charge in [-0.2, -0.15) is 18.3 Å². The molecule has 18 heteroatoms. The monoisotopic (exact) mass is 700 g/mol. The predicted molar refractivity (Wildman–Crippen MR) is 171 cm³/mol. The number of hydrogen-bond acceptors (Lipinski definition) is 9. The van der Waals surface area contributed by atoms with Crippen molar-refractivity contribution in [2.45, 2.75) is 31.3 Å². The molecular weight excluding hydrogens is 669 g/mol. The van der Waals surface area contributed by atoms with Crippen LogP contribution in [-0.4, -0.2) is 110 Å². The summed E-state index contributed by atoms with van der Waals surface area (Å²) >= 11 is 6.46. The van der Waals surface area contributed by atoms with Gasteiger partial charge in [0, 0.05) is 46.3 Å². The third-order valence-corrected chi connectivity index (χ3v) is 8.72. The number of β-amino-alcohol motifs (C(OH)–C–C–N with tert-alkyl or cyclic N) is 1. The van der Waals surface area contributed by atoms with E-state index < -0.39 is 29.9 Å². The minimum Gasteiger partial charge on any atom is -0.392 e. The predicted octanol–water partition coefficient (Wildman–Crippen LogP) is 2.51. The number of aromatic amines is 2. The van der Waals surface area contributed by atoms with E-state index in [2.05, 4.69) is 36.0 Å². The lowest BCUT2D eigenvalue weighted by atomic mass is 10.1. The minimum atomic E-state index is -4.78. The number of rotatable bonds is 8. The van der Waals surface area contributed by atoms with Gasteiger partial charge in [-0.3, -0.25) is 24.5 Å². The summed E-state index contributed by atoms with van der Waals surface area (Å²) in [5.41, 5.74) is 0.0289. The molecule has 2 aliphatic heterocycles. The van der Waals surface area contributed by atoms with E-state index in [9.17, 15) is 32.7 Å². The van der Waals surface area contributed by atoms with E-state index in [1.165, 1.54) is 12.3 Å². The highest BCUT2D eigenvalue weighted by Gasteiger charge is 2.39. The quantitative estimate of drug-likeness (QED) is 0.161. The number of benzene rings is 1. The third kappa shape index (κ3) is 7.23. The van der Waals surface area contributed by atoms with Crippen LogP contribution >= 0.6 is 11.6 Å². The molecule has 0 unspecified atom stereocenters. The molecule has 14 nitrogen and oxygen atoms in total. The van der Waals surface area contributed by atoms with Gasteiger partial charge >= 0.3 is 6.18 Å². The second kappa shape index (κ2) is 13.9. The lowest BCUT2D eigenvalue weighted by molar-refractivity contribution is -0.140. The third-order valence-electron chi connectivity index (χ3n) is 8.41. The van der Waals surface area contributed by atoms with Crippen LogP contribution < -0.4 is 16.0 Å². The fourth-order valence-electron chi connectivity index (χ4n) is 5.77. The fourth-order valence-corrected chi connectivity index (χ4v) is 6.06. The molecule has 6 rings (SSSR count). The Balaban J connectivity index is 1.08. The van der Waals surface area contributed by atoms with Crippen LogP contribution in [0.25, 0.3) is 22.6 Å². The molecule has 2 saturated heterocycles. The first-order valence-electron chi connectivity index (χ1n) is 15.3. The number of halogens is 4. The highest BCUT2D eigenvalue weighted by Crippen LogP contribution is 2.40. The number of aromatic nitrogens is 5. The number of pyridine rings is 1. The molecule has 3 amide bonds. The van der Waals surface area contributed by atoms with E-state index >= 15 is 0 Å². The molecule has 0 bridgehead atoms. The number of imidazole rings is 1. The van der Waals surface area contributed by atoms with Crippen LogP contribution in [0, 0.1) is 0 Å². The highest BCUT2D eigenvalue weighted by atomic mass is 35.5. The van der Waals surface area contributed by atoms with Gasteiger partial charge < -0.3 is 35.8 Å². The lowest BCUT2D eigenvalue weighted by Gasteiger charge is -2.36. The van der Waals surface area contributed by atoms with E-state index in [0.717, 1.165) is 6.20 Å². The molecule has 258 valence electrons. The van der Waals surface area contributed by atoms with Crippen LogP contribution in [0.5, 0.6) is 0 Å². The summed E-state index contributed by atoms with van der Waals surface area (Å²) in [6, 6.07) is 7.45. The Labute approximate surface area is 282 Å². The van der Waals surface area contributed by atoms with Gasteiger partial charge in [-0.1, -0.05) is 17.7 Å². The van der Waals surface area contributed by atoms with Crippen molar-refractivity contribution < 1.29 is 32.7 Å². The highest BCUT2D eigenvalue weighted by molar-refractivity contribution is 6.33. The number of amides is 3. The zero-order valence-electron chi connectivity index (χ0n) is 26.1. The maximum Gasteiger partial charge on any atom is 0.433 e. The van der Waals surface area contributed by atoms with Crippen molar-refractivity contribution in [2.24, 2.45) is 0 Å². The van der Waals surface area contributed by atoms with Gasteiger partial charge in [-0.25, -0.2) is 4.98 Å². The summed E-state index contributed by atoms with van der Waals surface area (Å²) < 4.78 is 41.7. The molecule has 2 fully saturated rings. The van der Waals surface area contributed by atoms with Crippen molar-refractivity contribution in [3.05, 3.63) is 70.4 Å². The van der Waals surface area contributed by atoms with Crippen LogP contribution in [0.2, 0.25) is 5.02 Å². The zero-order valence-corrected chi connectivity index (χ0v) is 26.8. The Kier molecular flexibility index (Phi) is 9.58. The number of anilines is 1. The van der Waals surface area contributed by atoms with Gasteiger partial charge in [-0.05, 0) is 36.2 Å². The molecule has 6 N–H and O–H groups in total. The lowest BCUT2D eigenvalue weighted by Crippen LogP contribution is -2.54. The Morgan fingerprint density at radius 1 is 1.06 bits per heavy atom. The molecule has 2 atom stereocenters. The van der Waals surface area contributed by atoms with Crippen LogP contribution in [0.15, 0.2) is 42.7 Å². The van der Waals surface area contributed by atoms with Crippen molar-refractivity contribution in [2.75, 3.05) is 45.1 Å². The van der Waals surface area contributed by atoms with Gasteiger partial charge in [0.2, 0.25) is 5.91 Å². The van der Waals surface area contributed by atoms with Gasteiger partial charge in [0.25, 0.3) is 11.8 Å². The minimum absolute atomic E-state index is 0.0137. The van der Waals surface area contributed by atoms with Gasteiger partial charge in [0.15, 0.2) is 5.82 Å². The van der Waals surface area contributed by atoms with Crippen LogP contribution in [0.1, 0.15) is 38.7 Å². The Morgan fingerprint density at radius 3 is 2.45 bits per heavy atom. The molecular formula is C31H32ClF3N10O4. The maximum absolute atomic E-state index is 13.9. The first-order valence-corrected chi connectivity index (χ1v) is 15.7. The molecule has 2 aliphatic rings. The average Bonchev–Trinajstić information content (AvgIpc) is 3.86. The molecule has 0 saturated carbocycles. The van der Waals surface area contributed by atoms with E-state index in [1.54, 1.807) is 41.1 Å². The SMILES string of the molecule is CNc1ccc(-c2n[nH]c(C(F)(F)F)c2-c2cnc(C(=O)NCc3ccc(C(=O)N4CCN(C(=O)[C@@H]5C[C@@H](O)CN5)CC4)c(Cl)c3)[nH]2)nc1. The number of H-pyrrole nitrogens is 2. The van der Waals surface area contributed by atoms with E-state index in [1.807, 2.05) is 5.10 Å². The Hall–Kier alpha value is -5.00. The summed E-state index contributed by atoms with van der Waals surface area (Å²) in [7, 11) is 1.68. The fraction of sp³-hybridized carbons (Fsp3) is 0.355. The molecule has 1 aromatic carbocycles. The largest absolute Gasteiger partial charge is 0.433 e. The molecule has 3 aromatic heterocycles. The summed E-state index contributed by atoms with van der Waals surface area (Å²) in [6.45, 7) is 1.72. The Morgan fingerprint density at radius 2 is 1.82 bits per heavy atom. The van der Waals surface area contributed by atoms with Crippen LogP contribution in [0.4, 0.5) is 18.9 Å². The van der Waals surface area contributed by atoms with Crippen molar-refractivity contribution in [3.63, 3.8) is 0 Å². The van der Waals surface area contributed by atoms with E-state index in [0.29, 0.717) is 50.4 Å². The summed E-state index contributed by atoms with van der Waals surface area (Å²) in [6.07, 6.45) is -2.39. The molecule has 4 aromatic rings. The normalized spacial score (nSPS) is 18.1. The maximum atomic E-state index is 13.9. The topological polar surface area (TPSA) is 184 Å². The Bertz CT molecular complexity index is 1850. The number of nitrogens with zero attached hydrogens (tertiary/aromatic N) is 5. The second-order valence-electron chi connectivity index (χ2n) is 11.6. The van der Waals surface area contributed by atoms with Crippen molar-refractivity contribution in [1.82, 2.24) is 45.6 Å². The van der Waals surface area contributed by atoms with Crippen molar-refractivity contribution >= 4 is 35.0 Å². The first-order chi connectivity index (χ1) is 23.4. The molecule has 0 radical (unpaired) electrons. The smallest absolute Gasteiger partial charge is 0.392 e. The molecule has 5 heterocycles. The zero-order chi connectivity index (χ0) is 34.9. The second-order valence-corrected chi connectivity index (χ2v) is 12.0. The van der Waals surface area contributed by atoms with E-state index in [-0.39, 0.29) is 57.4 Å². The molecule has 49 heavy (non-hydrogen) atoms. The standard InChI is InChI=1S/C31H32ClF3N10O4/c1-36-17-3-5-21(37-13-17)25-24(26(43-42-25)31(33,34)35)23-15-39-27(41-23)28(47)40-12-16-2-4-19(20(32)10-16)29(48)44-6-8-45(9-7-44)30(49)22-11-18(46)14-38-22/h2-5,10,13,15,18,22,36,38,46H,6-9,11-12,14H2,1H3,(H,39,41)(H,40,47)(H,42,43)/t18-,22+/m1/s1. The van der Waals surface area contributed by atoms with Crippen LogP contribution in [0.3, 0.4) is 0 Å². The number of aliphatic hydroxyl groups is 1. The first kappa shape index (κ1) is 33.9. The number of carbonyl (C=O) groups is 3. The number of alkyl halides is 3. The summed E-state index contributed by atoms with van der Waals surface area (Å²) in [5, 5.41) is 24.3. The van der Waals surface area contributed by atoms with Gasteiger partial charge in [0.05, 0.1) is 57.8 Å². The average molecular weight is 701 g/mol. The van der Waals surface area contributed by atoms with Crippen LogP contribution in [-0.2, 0) is 17.5 Å². The van der Waals surface area contributed by atoms with Crippen molar-refractivity contribution in [1.29, 1.82) is 0 Å². The van der Waals surface area contributed by atoms with E-state index in [4.69, 9.17) is 11.6 Å². The molecule has 0 spiro atoms. The number of piperazine rings is 1. The summed E-state index contributed by atoms with van der Waals surface area (Å²) in [4.78, 5) is 53.0.